The Hall–Kier alpha value is -0.610. The van der Waals surface area contributed by atoms with Gasteiger partial charge in [-0.25, -0.2) is 4.39 Å². The number of anilines is 1. The van der Waals surface area contributed by atoms with Crippen LogP contribution in [-0.4, -0.2) is 30.6 Å². The number of halogens is 2. The first-order valence-corrected chi connectivity index (χ1v) is 6.77. The van der Waals surface area contributed by atoms with E-state index in [1.54, 1.807) is 12.1 Å². The molecule has 1 heterocycles. The normalized spacial score (nSPS) is 25.9. The van der Waals surface area contributed by atoms with Crippen LogP contribution < -0.4 is 5.32 Å². The molecule has 0 bridgehead atoms. The van der Waals surface area contributed by atoms with E-state index in [-0.39, 0.29) is 5.82 Å². The van der Waals surface area contributed by atoms with Gasteiger partial charge in [-0.1, -0.05) is 0 Å². The minimum atomic E-state index is -0.212. The predicted octanol–water partition coefficient (Wildman–Crippen LogP) is 3.48. The van der Waals surface area contributed by atoms with Gasteiger partial charge in [0.2, 0.25) is 0 Å². The average Bonchev–Trinajstić information content (AvgIpc) is 2.29. The van der Waals surface area contributed by atoms with Crippen molar-refractivity contribution < 1.29 is 4.39 Å². The highest BCUT2D eigenvalue weighted by atomic mass is 79.9. The fourth-order valence-electron chi connectivity index (χ4n) is 2.24. The SMILES string of the molecule is CC1CC(Nc2ccc(Br)c(F)c2)CCN1C. The summed E-state index contributed by atoms with van der Waals surface area (Å²) < 4.78 is 13.9. The van der Waals surface area contributed by atoms with Gasteiger partial charge in [0.05, 0.1) is 4.47 Å². The van der Waals surface area contributed by atoms with Crippen LogP contribution in [0.15, 0.2) is 22.7 Å². The van der Waals surface area contributed by atoms with Crippen LogP contribution in [0.1, 0.15) is 19.8 Å². The van der Waals surface area contributed by atoms with Crippen molar-refractivity contribution in [2.45, 2.75) is 31.8 Å². The van der Waals surface area contributed by atoms with Crippen molar-refractivity contribution in [1.29, 1.82) is 0 Å². The Kier molecular flexibility index (Phi) is 4.05. The van der Waals surface area contributed by atoms with Gasteiger partial charge in [-0.3, -0.25) is 0 Å². The molecule has 2 rings (SSSR count). The Morgan fingerprint density at radius 2 is 2.24 bits per heavy atom. The number of likely N-dealkylation sites (tertiary alicyclic amines) is 1. The molecule has 4 heteroatoms. The van der Waals surface area contributed by atoms with Crippen molar-refractivity contribution in [2.75, 3.05) is 18.9 Å². The maximum Gasteiger partial charge on any atom is 0.139 e. The van der Waals surface area contributed by atoms with E-state index in [1.165, 1.54) is 0 Å². The maximum absolute atomic E-state index is 13.4. The number of hydrogen-bond acceptors (Lipinski definition) is 2. The molecule has 0 aromatic heterocycles. The van der Waals surface area contributed by atoms with Gasteiger partial charge in [0, 0.05) is 24.3 Å². The largest absolute Gasteiger partial charge is 0.382 e. The van der Waals surface area contributed by atoms with E-state index in [1.807, 2.05) is 6.07 Å². The Labute approximate surface area is 110 Å². The molecule has 17 heavy (non-hydrogen) atoms. The highest BCUT2D eigenvalue weighted by Crippen LogP contribution is 2.23. The van der Waals surface area contributed by atoms with E-state index in [9.17, 15) is 4.39 Å². The zero-order valence-corrected chi connectivity index (χ0v) is 11.8. The van der Waals surface area contributed by atoms with E-state index >= 15 is 0 Å². The summed E-state index contributed by atoms with van der Waals surface area (Å²) in [6, 6.07) is 6.24. The Bertz CT molecular complexity index is 397. The molecule has 0 spiro atoms. The third-order valence-electron chi connectivity index (χ3n) is 3.50. The zero-order chi connectivity index (χ0) is 12.4. The molecule has 0 saturated carbocycles. The van der Waals surface area contributed by atoms with Crippen LogP contribution in [0.4, 0.5) is 10.1 Å². The van der Waals surface area contributed by atoms with Crippen LogP contribution in [0.2, 0.25) is 0 Å². The average molecular weight is 301 g/mol. The molecule has 2 atom stereocenters. The van der Waals surface area contributed by atoms with Gasteiger partial charge in [-0.15, -0.1) is 0 Å². The molecule has 94 valence electrons. The molecule has 1 aliphatic rings. The molecular formula is C13H18BrFN2. The third-order valence-corrected chi connectivity index (χ3v) is 4.14. The number of piperidine rings is 1. The van der Waals surface area contributed by atoms with Gasteiger partial charge in [0.1, 0.15) is 5.82 Å². The minimum absolute atomic E-state index is 0.212. The lowest BCUT2D eigenvalue weighted by molar-refractivity contribution is 0.190. The molecule has 1 aromatic rings. The van der Waals surface area contributed by atoms with Crippen molar-refractivity contribution >= 4 is 21.6 Å². The second kappa shape index (κ2) is 5.36. The molecule has 1 saturated heterocycles. The monoisotopic (exact) mass is 300 g/mol. The maximum atomic E-state index is 13.4. The molecule has 0 aliphatic carbocycles. The highest BCUT2D eigenvalue weighted by Gasteiger charge is 2.22. The molecule has 2 unspecified atom stereocenters. The third kappa shape index (κ3) is 3.19. The van der Waals surface area contributed by atoms with E-state index in [2.05, 4.69) is 40.1 Å². The molecule has 1 N–H and O–H groups in total. The Morgan fingerprint density at radius 3 is 2.88 bits per heavy atom. The summed E-state index contributed by atoms with van der Waals surface area (Å²) in [6.07, 6.45) is 2.21. The summed E-state index contributed by atoms with van der Waals surface area (Å²) in [7, 11) is 2.15. The van der Waals surface area contributed by atoms with Crippen molar-refractivity contribution in [2.24, 2.45) is 0 Å². The highest BCUT2D eigenvalue weighted by molar-refractivity contribution is 9.10. The quantitative estimate of drug-likeness (QED) is 0.899. The number of rotatable bonds is 2. The molecule has 1 fully saturated rings. The lowest BCUT2D eigenvalue weighted by Crippen LogP contribution is -2.42. The topological polar surface area (TPSA) is 15.3 Å². The number of benzene rings is 1. The lowest BCUT2D eigenvalue weighted by atomic mass is 9.99. The Morgan fingerprint density at radius 1 is 1.47 bits per heavy atom. The van der Waals surface area contributed by atoms with E-state index in [0.29, 0.717) is 16.6 Å². The first-order chi connectivity index (χ1) is 8.06. The predicted molar refractivity (Wildman–Crippen MR) is 72.8 cm³/mol. The number of hydrogen-bond donors (Lipinski definition) is 1. The summed E-state index contributed by atoms with van der Waals surface area (Å²) in [5, 5.41) is 3.41. The van der Waals surface area contributed by atoms with Gasteiger partial charge < -0.3 is 10.2 Å². The Balaban J connectivity index is 1.99. The summed E-state index contributed by atoms with van der Waals surface area (Å²) >= 11 is 3.16. The first kappa shape index (κ1) is 12.8. The number of nitrogens with zero attached hydrogens (tertiary/aromatic N) is 1. The van der Waals surface area contributed by atoms with Gasteiger partial charge in [-0.05, 0) is 60.9 Å². The van der Waals surface area contributed by atoms with Gasteiger partial charge >= 0.3 is 0 Å². The standard InChI is InChI=1S/C13H18BrFN2/c1-9-7-11(5-6-17(9)2)16-10-3-4-12(14)13(15)8-10/h3-4,8-9,11,16H,5-7H2,1-2H3. The van der Waals surface area contributed by atoms with Crippen LogP contribution in [0.25, 0.3) is 0 Å². The van der Waals surface area contributed by atoms with Gasteiger partial charge in [0.15, 0.2) is 0 Å². The molecule has 0 radical (unpaired) electrons. The smallest absolute Gasteiger partial charge is 0.139 e. The fraction of sp³-hybridized carbons (Fsp3) is 0.538. The summed E-state index contributed by atoms with van der Waals surface area (Å²) in [4.78, 5) is 2.36. The van der Waals surface area contributed by atoms with Crippen molar-refractivity contribution in [3.8, 4) is 0 Å². The second-order valence-electron chi connectivity index (χ2n) is 4.82. The minimum Gasteiger partial charge on any atom is -0.382 e. The van der Waals surface area contributed by atoms with Crippen LogP contribution in [0.5, 0.6) is 0 Å². The van der Waals surface area contributed by atoms with E-state index < -0.39 is 0 Å². The van der Waals surface area contributed by atoms with Gasteiger partial charge in [0.25, 0.3) is 0 Å². The zero-order valence-electron chi connectivity index (χ0n) is 10.2. The molecular weight excluding hydrogens is 283 g/mol. The van der Waals surface area contributed by atoms with Crippen LogP contribution in [-0.2, 0) is 0 Å². The molecule has 1 aliphatic heterocycles. The molecule has 1 aromatic carbocycles. The second-order valence-corrected chi connectivity index (χ2v) is 5.68. The van der Waals surface area contributed by atoms with Crippen LogP contribution >= 0.6 is 15.9 Å². The van der Waals surface area contributed by atoms with Crippen molar-refractivity contribution in [3.63, 3.8) is 0 Å². The van der Waals surface area contributed by atoms with Gasteiger partial charge in [-0.2, -0.15) is 0 Å². The summed E-state index contributed by atoms with van der Waals surface area (Å²) in [5.41, 5.74) is 0.868. The number of nitrogens with one attached hydrogen (secondary N) is 1. The van der Waals surface area contributed by atoms with E-state index in [4.69, 9.17) is 0 Å². The summed E-state index contributed by atoms with van der Waals surface area (Å²) in [6.45, 7) is 3.33. The fourth-order valence-corrected chi connectivity index (χ4v) is 2.49. The van der Waals surface area contributed by atoms with Crippen LogP contribution in [0, 0.1) is 5.82 Å². The van der Waals surface area contributed by atoms with E-state index in [0.717, 1.165) is 25.1 Å². The summed E-state index contributed by atoms with van der Waals surface area (Å²) in [5.74, 6) is -0.212. The molecule has 2 nitrogen and oxygen atoms in total. The lowest BCUT2D eigenvalue weighted by Gasteiger charge is -2.35. The molecule has 0 amide bonds. The van der Waals surface area contributed by atoms with Crippen molar-refractivity contribution in [1.82, 2.24) is 4.90 Å². The van der Waals surface area contributed by atoms with Crippen molar-refractivity contribution in [3.05, 3.63) is 28.5 Å². The first-order valence-electron chi connectivity index (χ1n) is 5.98. The van der Waals surface area contributed by atoms with Crippen LogP contribution in [0.3, 0.4) is 0 Å².